The quantitative estimate of drug-likeness (QED) is 0.209. The van der Waals surface area contributed by atoms with Crippen LogP contribution >= 0.6 is 0 Å². The van der Waals surface area contributed by atoms with Gasteiger partial charge < -0.3 is 14.9 Å². The predicted molar refractivity (Wildman–Crippen MR) is 157 cm³/mol. The Morgan fingerprint density at radius 3 is 2.37 bits per heavy atom. The average molecular weight is 558 g/mol. The van der Waals surface area contributed by atoms with Crippen LogP contribution in [0.15, 0.2) is 48.7 Å². The lowest BCUT2D eigenvalue weighted by Crippen LogP contribution is -2.50. The number of nitrogens with zero attached hydrogens (tertiary/aromatic N) is 5. The topological polar surface area (TPSA) is 141 Å². The Balaban J connectivity index is 1.62. The maximum absolute atomic E-state index is 11.0. The van der Waals surface area contributed by atoms with Crippen molar-refractivity contribution >= 4 is 5.65 Å². The molecular formula is C31H39N7O3. The summed E-state index contributed by atoms with van der Waals surface area (Å²) >= 11 is 0. The van der Waals surface area contributed by atoms with E-state index in [0.29, 0.717) is 35.6 Å². The van der Waals surface area contributed by atoms with Crippen molar-refractivity contribution in [2.45, 2.75) is 78.7 Å². The third kappa shape index (κ3) is 7.73. The first-order chi connectivity index (χ1) is 19.2. The molecule has 10 nitrogen and oxygen atoms in total. The van der Waals surface area contributed by atoms with E-state index in [4.69, 9.17) is 14.8 Å². The molecule has 41 heavy (non-hydrogen) atoms. The summed E-state index contributed by atoms with van der Waals surface area (Å²) in [4.78, 5) is 9.35. The van der Waals surface area contributed by atoms with Gasteiger partial charge >= 0.3 is 0 Å². The molecule has 4 N–H and O–H groups in total. The van der Waals surface area contributed by atoms with Crippen LogP contribution in [0.1, 0.15) is 69.9 Å². The molecule has 1 aromatic carbocycles. The largest absolute Gasteiger partial charge is 0.373 e. The summed E-state index contributed by atoms with van der Waals surface area (Å²) in [6, 6.07) is 15.2. The second-order valence-electron chi connectivity index (χ2n) is 11.9. The lowest BCUT2D eigenvalue weighted by atomic mass is 9.99. The Morgan fingerprint density at radius 2 is 1.71 bits per heavy atom. The molecule has 2 unspecified atom stereocenters. The Labute approximate surface area is 241 Å². The number of aromatic nitrogens is 4. The number of pyridine rings is 1. The van der Waals surface area contributed by atoms with Gasteiger partial charge in [-0.3, -0.25) is 15.6 Å². The van der Waals surface area contributed by atoms with E-state index in [9.17, 15) is 15.5 Å². The van der Waals surface area contributed by atoms with E-state index in [2.05, 4.69) is 21.7 Å². The molecule has 0 fully saturated rings. The first-order valence-electron chi connectivity index (χ1n) is 13.7. The van der Waals surface area contributed by atoms with Crippen LogP contribution in [0.5, 0.6) is 0 Å². The van der Waals surface area contributed by atoms with Gasteiger partial charge in [0.15, 0.2) is 5.65 Å². The third-order valence-corrected chi connectivity index (χ3v) is 6.49. The number of fused-ring (bicyclic) bond motifs is 1. The molecular weight excluding hydrogens is 518 g/mol. The highest BCUT2D eigenvalue weighted by molar-refractivity contribution is 5.90. The molecule has 0 aliphatic rings. The van der Waals surface area contributed by atoms with Crippen LogP contribution in [-0.4, -0.2) is 53.9 Å². The predicted octanol–water partition coefficient (Wildman–Crippen LogP) is 4.38. The number of nitriles is 1. The van der Waals surface area contributed by atoms with Gasteiger partial charge in [0.05, 0.1) is 28.5 Å². The van der Waals surface area contributed by atoms with Gasteiger partial charge in [-0.1, -0.05) is 12.1 Å². The highest BCUT2D eigenvalue weighted by Gasteiger charge is 2.25. The number of aliphatic hydroxyl groups is 2. The molecule has 0 saturated carbocycles. The molecule has 216 valence electrons. The van der Waals surface area contributed by atoms with Gasteiger partial charge in [0, 0.05) is 28.7 Å². The van der Waals surface area contributed by atoms with Crippen LogP contribution < -0.4 is 10.6 Å². The van der Waals surface area contributed by atoms with Crippen LogP contribution in [0.4, 0.5) is 0 Å². The van der Waals surface area contributed by atoms with Crippen molar-refractivity contribution in [2.24, 2.45) is 0 Å². The number of hydrogen-bond acceptors (Lipinski definition) is 9. The molecule has 0 aliphatic heterocycles. The first-order valence-corrected chi connectivity index (χ1v) is 13.7. The monoisotopic (exact) mass is 557 g/mol. The summed E-state index contributed by atoms with van der Waals surface area (Å²) in [6.45, 7) is 13.9. The molecule has 0 radical (unpaired) electrons. The van der Waals surface area contributed by atoms with Gasteiger partial charge in [-0.2, -0.15) is 10.4 Å². The summed E-state index contributed by atoms with van der Waals surface area (Å²) in [5.74, 6) is 0. The minimum Gasteiger partial charge on any atom is -0.373 e. The Bertz CT molecular complexity index is 1550. The van der Waals surface area contributed by atoms with Crippen molar-refractivity contribution in [1.82, 2.24) is 30.2 Å². The van der Waals surface area contributed by atoms with E-state index in [1.807, 2.05) is 78.8 Å². The molecule has 0 spiro atoms. The number of nitrogens with one attached hydrogen (secondary N) is 2. The zero-order valence-corrected chi connectivity index (χ0v) is 24.7. The molecule has 2 atom stereocenters. The summed E-state index contributed by atoms with van der Waals surface area (Å²) < 4.78 is 7.25. The smallest absolute Gasteiger partial charge is 0.214 e. The first kappa shape index (κ1) is 30.2. The Hall–Kier alpha value is -3.72. The molecule has 3 heterocycles. The number of ether oxygens (including phenoxy) is 1. The Kier molecular flexibility index (Phi) is 8.87. The zero-order valence-electron chi connectivity index (χ0n) is 24.7. The van der Waals surface area contributed by atoms with Gasteiger partial charge in [-0.05, 0) is 97.3 Å². The maximum Gasteiger partial charge on any atom is 0.214 e. The molecule has 0 bridgehead atoms. The van der Waals surface area contributed by atoms with Crippen LogP contribution in [-0.2, 0) is 4.74 Å². The Morgan fingerprint density at radius 1 is 1.00 bits per heavy atom. The SMILES string of the molecule is Cc1cc(-c2c(-c3cccc(C#N)c3)nn3ccc(C(O)NCCC(C)(C)NC(O)OC(C)(C)C)nc23)cc(C)n1. The summed E-state index contributed by atoms with van der Waals surface area (Å²) in [5.41, 5.74) is 5.51. The minimum absolute atomic E-state index is 0.445. The summed E-state index contributed by atoms with van der Waals surface area (Å²) in [6.07, 6.45) is 0.239. The van der Waals surface area contributed by atoms with Crippen molar-refractivity contribution < 1.29 is 14.9 Å². The van der Waals surface area contributed by atoms with Gasteiger partial charge in [0.25, 0.3) is 0 Å². The fraction of sp³-hybridized carbons (Fsp3) is 0.419. The number of aliphatic hydroxyl groups excluding tert-OH is 2. The van der Waals surface area contributed by atoms with Gasteiger partial charge in [-0.15, -0.1) is 0 Å². The lowest BCUT2D eigenvalue weighted by Gasteiger charge is -2.33. The number of benzene rings is 1. The van der Waals surface area contributed by atoms with E-state index in [1.54, 1.807) is 22.8 Å². The third-order valence-electron chi connectivity index (χ3n) is 6.49. The van der Waals surface area contributed by atoms with Crippen LogP contribution in [0, 0.1) is 25.2 Å². The van der Waals surface area contributed by atoms with Gasteiger partial charge in [0.2, 0.25) is 6.41 Å². The second kappa shape index (κ2) is 12.0. The second-order valence-corrected chi connectivity index (χ2v) is 11.9. The summed E-state index contributed by atoms with van der Waals surface area (Å²) in [7, 11) is 0. The molecule has 0 amide bonds. The molecule has 10 heteroatoms. The molecule has 0 aliphatic carbocycles. The van der Waals surface area contributed by atoms with E-state index in [0.717, 1.165) is 28.1 Å². The normalized spacial score (nSPS) is 13.8. The maximum atomic E-state index is 11.0. The fourth-order valence-electron chi connectivity index (χ4n) is 4.67. The van der Waals surface area contributed by atoms with Crippen molar-refractivity contribution in [2.75, 3.05) is 6.54 Å². The molecule has 0 saturated heterocycles. The van der Waals surface area contributed by atoms with Crippen LogP contribution in [0.3, 0.4) is 0 Å². The van der Waals surface area contributed by atoms with Crippen LogP contribution in [0.2, 0.25) is 0 Å². The van der Waals surface area contributed by atoms with E-state index < -0.39 is 23.8 Å². The molecule has 4 aromatic rings. The molecule has 3 aromatic heterocycles. The zero-order chi connectivity index (χ0) is 29.9. The number of rotatable bonds is 10. The fourth-order valence-corrected chi connectivity index (χ4v) is 4.67. The molecule has 4 rings (SSSR count). The highest BCUT2D eigenvalue weighted by Crippen LogP contribution is 2.35. The van der Waals surface area contributed by atoms with E-state index in [-0.39, 0.29) is 0 Å². The van der Waals surface area contributed by atoms with Crippen molar-refractivity contribution in [3.63, 3.8) is 0 Å². The van der Waals surface area contributed by atoms with Gasteiger partial charge in [0.1, 0.15) is 11.9 Å². The highest BCUT2D eigenvalue weighted by atomic mass is 16.6. The summed E-state index contributed by atoms with van der Waals surface area (Å²) in [5, 5.41) is 41.7. The minimum atomic E-state index is -1.11. The van der Waals surface area contributed by atoms with E-state index >= 15 is 0 Å². The number of hydrogen-bond donors (Lipinski definition) is 4. The standard InChI is InChI=1S/C31H39N7O3/c1-19-15-23(16-20(2)34-19)25-26(22-10-8-9-21(17-22)18-32)37-38-14-11-24(35-27(25)38)28(39)33-13-12-31(6,7)36-29(40)41-30(3,4)5/h8-11,14-17,28-29,33,36,39-40H,12-13H2,1-7H3. The van der Waals surface area contributed by atoms with E-state index in [1.165, 1.54) is 0 Å². The lowest BCUT2D eigenvalue weighted by molar-refractivity contribution is -0.190. The van der Waals surface area contributed by atoms with Crippen molar-refractivity contribution in [3.05, 3.63) is 71.3 Å². The van der Waals surface area contributed by atoms with Crippen molar-refractivity contribution in [1.29, 1.82) is 5.26 Å². The van der Waals surface area contributed by atoms with Crippen LogP contribution in [0.25, 0.3) is 28.0 Å². The van der Waals surface area contributed by atoms with Crippen molar-refractivity contribution in [3.8, 4) is 28.5 Å². The van der Waals surface area contributed by atoms with Gasteiger partial charge in [-0.25, -0.2) is 9.50 Å². The average Bonchev–Trinajstić information content (AvgIpc) is 3.25. The number of aryl methyl sites for hydroxylation is 2.